The predicted octanol–water partition coefficient (Wildman–Crippen LogP) is 8.94. The third kappa shape index (κ3) is 7.61. The van der Waals surface area contributed by atoms with Crippen LogP contribution in [0, 0.1) is 0 Å². The van der Waals surface area contributed by atoms with Gasteiger partial charge in [-0.05, 0) is 76.0 Å². The molecule has 0 aliphatic heterocycles. The maximum absolute atomic E-state index is 11.4. The lowest BCUT2D eigenvalue weighted by Gasteiger charge is -2.25. The van der Waals surface area contributed by atoms with Crippen LogP contribution in [-0.2, 0) is 30.1 Å². The molecule has 0 amide bonds. The maximum Gasteiger partial charge on any atom is 0.122 e. The SMILES string of the molecule is C/C=C\C=C/CCc1cc(Cc2cc(Cc3ccccc3)cc(C(C)(C)C)c2O)c(O)c(C(C)(C)C)c1. The fourth-order valence-electron chi connectivity index (χ4n) is 4.75. The molecule has 37 heavy (non-hydrogen) atoms. The van der Waals surface area contributed by atoms with Crippen LogP contribution >= 0.6 is 0 Å². The van der Waals surface area contributed by atoms with Crippen LogP contribution < -0.4 is 0 Å². The Hall–Kier alpha value is -3.26. The first-order chi connectivity index (χ1) is 17.4. The van der Waals surface area contributed by atoms with E-state index in [4.69, 9.17) is 0 Å². The molecule has 196 valence electrons. The Bertz CT molecular complexity index is 1250. The van der Waals surface area contributed by atoms with E-state index in [-0.39, 0.29) is 10.8 Å². The first kappa shape index (κ1) is 28.3. The van der Waals surface area contributed by atoms with Gasteiger partial charge in [0.05, 0.1) is 0 Å². The average Bonchev–Trinajstić information content (AvgIpc) is 2.81. The third-order valence-electron chi connectivity index (χ3n) is 6.78. The van der Waals surface area contributed by atoms with Gasteiger partial charge in [-0.15, -0.1) is 0 Å². The highest BCUT2D eigenvalue weighted by molar-refractivity contribution is 5.54. The second-order valence-electron chi connectivity index (χ2n) is 12.1. The van der Waals surface area contributed by atoms with Crippen LogP contribution in [0.3, 0.4) is 0 Å². The Morgan fingerprint density at radius 1 is 0.649 bits per heavy atom. The number of rotatable bonds is 8. The molecule has 3 aromatic rings. The van der Waals surface area contributed by atoms with E-state index in [1.807, 2.05) is 25.1 Å². The molecule has 0 aromatic heterocycles. The summed E-state index contributed by atoms with van der Waals surface area (Å²) in [6, 6.07) is 18.9. The highest BCUT2D eigenvalue weighted by Gasteiger charge is 2.25. The van der Waals surface area contributed by atoms with E-state index in [1.165, 1.54) is 16.7 Å². The Balaban J connectivity index is 2.06. The van der Waals surface area contributed by atoms with Crippen LogP contribution in [0.1, 0.15) is 93.8 Å². The lowest BCUT2D eigenvalue weighted by Crippen LogP contribution is -2.14. The van der Waals surface area contributed by atoms with Gasteiger partial charge in [0.1, 0.15) is 11.5 Å². The third-order valence-corrected chi connectivity index (χ3v) is 6.78. The molecule has 0 saturated carbocycles. The molecule has 0 atom stereocenters. The first-order valence-corrected chi connectivity index (χ1v) is 13.4. The number of hydrogen-bond donors (Lipinski definition) is 2. The molecule has 3 rings (SSSR count). The van der Waals surface area contributed by atoms with Gasteiger partial charge in [0.2, 0.25) is 0 Å². The molecule has 0 spiro atoms. The van der Waals surface area contributed by atoms with Gasteiger partial charge in [-0.2, -0.15) is 0 Å². The summed E-state index contributed by atoms with van der Waals surface area (Å²) in [6.07, 6.45) is 11.4. The summed E-state index contributed by atoms with van der Waals surface area (Å²) in [5, 5.41) is 22.8. The molecular weight excluding hydrogens is 452 g/mol. The number of phenols is 2. The average molecular weight is 497 g/mol. The molecule has 0 radical (unpaired) electrons. The summed E-state index contributed by atoms with van der Waals surface area (Å²) in [5.41, 5.74) is 6.85. The Morgan fingerprint density at radius 2 is 1.19 bits per heavy atom. The van der Waals surface area contributed by atoms with E-state index >= 15 is 0 Å². The van der Waals surface area contributed by atoms with Crippen molar-refractivity contribution in [2.24, 2.45) is 0 Å². The standard InChI is InChI=1S/C35H44O2/c1-8-9-10-11-13-18-26-20-28(32(36)30(22-26)34(2,3)4)24-29-21-27(19-25-16-14-12-15-17-25)23-31(33(29)37)35(5,6)7/h8-12,14-17,20-23,36-37H,13,18-19,24H2,1-7H3/b9-8-,11-10-. The topological polar surface area (TPSA) is 40.5 Å². The van der Waals surface area contributed by atoms with Crippen molar-refractivity contribution in [3.63, 3.8) is 0 Å². The fourth-order valence-corrected chi connectivity index (χ4v) is 4.75. The van der Waals surface area contributed by atoms with Crippen molar-refractivity contribution in [2.75, 3.05) is 0 Å². The van der Waals surface area contributed by atoms with Gasteiger partial charge in [-0.3, -0.25) is 0 Å². The molecule has 2 N–H and O–H groups in total. The summed E-state index contributed by atoms with van der Waals surface area (Å²) in [6.45, 7) is 14.8. The van der Waals surface area contributed by atoms with Crippen molar-refractivity contribution < 1.29 is 10.2 Å². The van der Waals surface area contributed by atoms with Crippen molar-refractivity contribution in [2.45, 2.75) is 85.0 Å². The Morgan fingerprint density at radius 3 is 1.73 bits per heavy atom. The van der Waals surface area contributed by atoms with E-state index < -0.39 is 0 Å². The molecule has 0 heterocycles. The highest BCUT2D eigenvalue weighted by Crippen LogP contribution is 2.40. The van der Waals surface area contributed by atoms with Gasteiger partial charge in [-0.25, -0.2) is 0 Å². The van der Waals surface area contributed by atoms with Crippen LogP contribution in [0.2, 0.25) is 0 Å². The Kier molecular flexibility index (Phi) is 9.07. The molecule has 0 fully saturated rings. The second-order valence-corrected chi connectivity index (χ2v) is 12.1. The summed E-state index contributed by atoms with van der Waals surface area (Å²) in [4.78, 5) is 0. The number of allylic oxidation sites excluding steroid dienone is 4. The summed E-state index contributed by atoms with van der Waals surface area (Å²) < 4.78 is 0. The number of phenolic OH excluding ortho intramolecular Hbond substituents is 2. The number of benzene rings is 3. The smallest absolute Gasteiger partial charge is 0.122 e. The zero-order valence-electron chi connectivity index (χ0n) is 23.7. The van der Waals surface area contributed by atoms with Gasteiger partial charge in [-0.1, -0.05) is 120 Å². The minimum absolute atomic E-state index is 0.191. The van der Waals surface area contributed by atoms with Crippen molar-refractivity contribution in [3.05, 3.63) is 118 Å². The summed E-state index contributed by atoms with van der Waals surface area (Å²) in [5.74, 6) is 0.673. The molecule has 0 bridgehead atoms. The molecular formula is C35H44O2. The van der Waals surface area contributed by atoms with E-state index in [2.05, 4.69) is 102 Å². The summed E-state index contributed by atoms with van der Waals surface area (Å²) >= 11 is 0. The van der Waals surface area contributed by atoms with Crippen LogP contribution in [-0.4, -0.2) is 10.2 Å². The number of aromatic hydroxyl groups is 2. The number of hydrogen-bond acceptors (Lipinski definition) is 2. The molecule has 2 heteroatoms. The normalized spacial score (nSPS) is 12.6. The molecule has 3 aromatic carbocycles. The van der Waals surface area contributed by atoms with Gasteiger partial charge < -0.3 is 10.2 Å². The molecule has 0 aliphatic carbocycles. The number of aryl methyl sites for hydroxylation is 1. The fraction of sp³-hybridized carbons (Fsp3) is 0.371. The first-order valence-electron chi connectivity index (χ1n) is 13.4. The molecule has 0 saturated heterocycles. The van der Waals surface area contributed by atoms with Crippen molar-refractivity contribution in [1.29, 1.82) is 0 Å². The van der Waals surface area contributed by atoms with Gasteiger partial charge in [0, 0.05) is 6.42 Å². The monoisotopic (exact) mass is 496 g/mol. The van der Waals surface area contributed by atoms with Crippen molar-refractivity contribution in [1.82, 2.24) is 0 Å². The van der Waals surface area contributed by atoms with Crippen LogP contribution in [0.15, 0.2) is 78.9 Å². The van der Waals surface area contributed by atoms with Gasteiger partial charge in [0.15, 0.2) is 0 Å². The van der Waals surface area contributed by atoms with Crippen LogP contribution in [0.4, 0.5) is 0 Å². The van der Waals surface area contributed by atoms with Gasteiger partial charge >= 0.3 is 0 Å². The second kappa shape index (κ2) is 11.9. The van der Waals surface area contributed by atoms with Crippen LogP contribution in [0.5, 0.6) is 11.5 Å². The molecule has 0 aliphatic rings. The zero-order valence-corrected chi connectivity index (χ0v) is 23.7. The zero-order chi connectivity index (χ0) is 27.2. The summed E-state index contributed by atoms with van der Waals surface area (Å²) in [7, 11) is 0. The van der Waals surface area contributed by atoms with E-state index in [0.29, 0.717) is 17.9 Å². The van der Waals surface area contributed by atoms with E-state index in [1.54, 1.807) is 0 Å². The maximum atomic E-state index is 11.4. The van der Waals surface area contributed by atoms with Crippen molar-refractivity contribution in [3.8, 4) is 11.5 Å². The lowest BCUT2D eigenvalue weighted by molar-refractivity contribution is 0.435. The molecule has 0 unspecified atom stereocenters. The van der Waals surface area contributed by atoms with Crippen molar-refractivity contribution >= 4 is 0 Å². The van der Waals surface area contributed by atoms with Gasteiger partial charge in [0.25, 0.3) is 0 Å². The minimum Gasteiger partial charge on any atom is -0.507 e. The highest BCUT2D eigenvalue weighted by atomic mass is 16.3. The molecule has 2 nitrogen and oxygen atoms in total. The predicted molar refractivity (Wildman–Crippen MR) is 158 cm³/mol. The quantitative estimate of drug-likeness (QED) is 0.306. The van der Waals surface area contributed by atoms with E-state index in [9.17, 15) is 10.2 Å². The lowest BCUT2D eigenvalue weighted by atomic mass is 9.81. The Labute approximate surface area is 224 Å². The van der Waals surface area contributed by atoms with Crippen LogP contribution in [0.25, 0.3) is 0 Å². The van der Waals surface area contributed by atoms with E-state index in [0.717, 1.165) is 41.5 Å². The minimum atomic E-state index is -0.203. The largest absolute Gasteiger partial charge is 0.507 e.